The van der Waals surface area contributed by atoms with Crippen molar-refractivity contribution in [1.82, 2.24) is 9.97 Å². The predicted molar refractivity (Wildman–Crippen MR) is 69.5 cm³/mol. The summed E-state index contributed by atoms with van der Waals surface area (Å²) in [6.07, 6.45) is 3.95. The van der Waals surface area contributed by atoms with E-state index in [4.69, 9.17) is 4.74 Å². The molecule has 1 N–H and O–H groups in total. The molecule has 0 aromatic carbocycles. The molecule has 1 fully saturated rings. The number of hydrogen-bond donors (Lipinski definition) is 1. The fraction of sp³-hybridized carbons (Fsp3) is 0.692. The molecule has 2 heterocycles. The Morgan fingerprint density at radius 3 is 2.78 bits per heavy atom. The van der Waals surface area contributed by atoms with Gasteiger partial charge in [-0.2, -0.15) is 0 Å². The normalized spacial score (nSPS) is 17.2. The molecule has 0 unspecified atom stereocenters. The molecule has 0 aliphatic carbocycles. The molecule has 0 atom stereocenters. The summed E-state index contributed by atoms with van der Waals surface area (Å²) in [6.45, 7) is 4.65. The Hall–Kier alpha value is -1.20. The summed E-state index contributed by atoms with van der Waals surface area (Å²) in [5, 5.41) is 9.35. The van der Waals surface area contributed by atoms with Crippen LogP contribution in [0.25, 0.3) is 0 Å². The van der Waals surface area contributed by atoms with Gasteiger partial charge in [0.25, 0.3) is 0 Å². The molecule has 1 aliphatic heterocycles. The fourth-order valence-electron chi connectivity index (χ4n) is 2.42. The first-order valence-corrected chi connectivity index (χ1v) is 6.42. The number of methoxy groups -OCH3 is 1. The lowest BCUT2D eigenvalue weighted by Gasteiger charge is -2.33. The lowest BCUT2D eigenvalue weighted by Crippen LogP contribution is -2.36. The van der Waals surface area contributed by atoms with Gasteiger partial charge in [-0.05, 0) is 25.7 Å². The summed E-state index contributed by atoms with van der Waals surface area (Å²) in [4.78, 5) is 10.8. The minimum absolute atomic E-state index is 0.00634. The number of aryl methyl sites for hydroxylation is 1. The minimum Gasteiger partial charge on any atom is -0.391 e. The van der Waals surface area contributed by atoms with Gasteiger partial charge in [0.2, 0.25) is 0 Å². The van der Waals surface area contributed by atoms with Crippen LogP contribution in [0.4, 0.5) is 5.82 Å². The molecule has 1 aromatic heterocycles. The summed E-state index contributed by atoms with van der Waals surface area (Å²) < 4.78 is 5.20. The summed E-state index contributed by atoms with van der Waals surface area (Å²) in [5.41, 5.74) is 0.811. The molecular formula is C13H21N3O2. The predicted octanol–water partition coefficient (Wildman–Crippen LogP) is 1.14. The van der Waals surface area contributed by atoms with Crippen molar-refractivity contribution in [2.24, 2.45) is 5.92 Å². The zero-order valence-corrected chi connectivity index (χ0v) is 11.1. The molecule has 2 rings (SSSR count). The van der Waals surface area contributed by atoms with Gasteiger partial charge in [0.05, 0.1) is 6.61 Å². The highest BCUT2D eigenvalue weighted by atomic mass is 16.5. The van der Waals surface area contributed by atoms with Crippen molar-refractivity contribution in [3.05, 3.63) is 17.6 Å². The molecule has 18 heavy (non-hydrogen) atoms. The monoisotopic (exact) mass is 251 g/mol. The van der Waals surface area contributed by atoms with Crippen molar-refractivity contribution >= 4 is 5.82 Å². The van der Waals surface area contributed by atoms with E-state index < -0.39 is 0 Å². The first kappa shape index (κ1) is 13.2. The molecule has 1 aliphatic rings. The molecule has 5 nitrogen and oxygen atoms in total. The van der Waals surface area contributed by atoms with Gasteiger partial charge in [-0.3, -0.25) is 0 Å². The van der Waals surface area contributed by atoms with Gasteiger partial charge in [0.1, 0.15) is 11.6 Å². The molecule has 5 heteroatoms. The third kappa shape index (κ3) is 2.97. The maximum absolute atomic E-state index is 9.35. The van der Waals surface area contributed by atoms with Crippen molar-refractivity contribution in [3.63, 3.8) is 0 Å². The van der Waals surface area contributed by atoms with E-state index >= 15 is 0 Å². The molecule has 0 bridgehead atoms. The highest BCUT2D eigenvalue weighted by Crippen LogP contribution is 2.24. The van der Waals surface area contributed by atoms with E-state index in [1.165, 1.54) is 0 Å². The summed E-state index contributed by atoms with van der Waals surface area (Å²) in [5.74, 6) is 2.29. The maximum Gasteiger partial charge on any atom is 0.137 e. The Morgan fingerprint density at radius 2 is 2.17 bits per heavy atom. The molecule has 0 spiro atoms. The average Bonchev–Trinajstić information content (AvgIpc) is 2.40. The number of piperidine rings is 1. The van der Waals surface area contributed by atoms with E-state index in [1.54, 1.807) is 13.3 Å². The van der Waals surface area contributed by atoms with Crippen LogP contribution < -0.4 is 4.90 Å². The number of aliphatic hydroxyl groups excluding tert-OH is 1. The number of rotatable bonds is 4. The Bertz CT molecular complexity index is 390. The van der Waals surface area contributed by atoms with Crippen LogP contribution in [0, 0.1) is 12.8 Å². The highest BCUT2D eigenvalue weighted by molar-refractivity contribution is 5.46. The maximum atomic E-state index is 9.35. The SMILES string of the molecule is COCC1CCN(c2nc(C)ncc2CO)CC1. The standard InChI is InChI=1S/C13H21N3O2/c1-10-14-7-12(8-17)13(15-10)16-5-3-11(4-6-16)9-18-2/h7,11,17H,3-6,8-9H2,1-2H3. The Balaban J connectivity index is 2.06. The third-order valence-electron chi connectivity index (χ3n) is 3.45. The van der Waals surface area contributed by atoms with E-state index in [9.17, 15) is 5.11 Å². The van der Waals surface area contributed by atoms with Crippen molar-refractivity contribution in [1.29, 1.82) is 0 Å². The highest BCUT2D eigenvalue weighted by Gasteiger charge is 2.22. The van der Waals surface area contributed by atoms with E-state index in [0.717, 1.165) is 49.7 Å². The summed E-state index contributed by atoms with van der Waals surface area (Å²) in [6, 6.07) is 0. The molecule has 100 valence electrons. The number of hydrogen-bond acceptors (Lipinski definition) is 5. The molecule has 0 radical (unpaired) electrons. The molecule has 1 aromatic rings. The van der Waals surface area contributed by atoms with Crippen molar-refractivity contribution in [2.75, 3.05) is 31.7 Å². The van der Waals surface area contributed by atoms with Crippen LogP contribution in [0.5, 0.6) is 0 Å². The first-order chi connectivity index (χ1) is 8.74. The van der Waals surface area contributed by atoms with Gasteiger partial charge >= 0.3 is 0 Å². The first-order valence-electron chi connectivity index (χ1n) is 6.42. The van der Waals surface area contributed by atoms with Gasteiger partial charge < -0.3 is 14.7 Å². The zero-order chi connectivity index (χ0) is 13.0. The lowest BCUT2D eigenvalue weighted by molar-refractivity contribution is 0.139. The molecule has 1 saturated heterocycles. The van der Waals surface area contributed by atoms with Crippen LogP contribution in [0.2, 0.25) is 0 Å². The zero-order valence-electron chi connectivity index (χ0n) is 11.1. The number of aliphatic hydroxyl groups is 1. The molecular weight excluding hydrogens is 230 g/mol. The third-order valence-corrected chi connectivity index (χ3v) is 3.45. The second-order valence-electron chi connectivity index (χ2n) is 4.81. The summed E-state index contributed by atoms with van der Waals surface area (Å²) >= 11 is 0. The number of aromatic nitrogens is 2. The number of ether oxygens (including phenoxy) is 1. The van der Waals surface area contributed by atoms with Crippen LogP contribution in [0.1, 0.15) is 24.2 Å². The smallest absolute Gasteiger partial charge is 0.137 e. The molecule has 0 amide bonds. The van der Waals surface area contributed by atoms with Crippen molar-refractivity contribution in [3.8, 4) is 0 Å². The van der Waals surface area contributed by atoms with Gasteiger partial charge in [0.15, 0.2) is 0 Å². The van der Waals surface area contributed by atoms with Gasteiger partial charge in [-0.1, -0.05) is 0 Å². The topological polar surface area (TPSA) is 58.5 Å². The second kappa shape index (κ2) is 6.11. The van der Waals surface area contributed by atoms with Gasteiger partial charge in [-0.25, -0.2) is 9.97 Å². The number of anilines is 1. The molecule has 0 saturated carbocycles. The quantitative estimate of drug-likeness (QED) is 0.869. The largest absolute Gasteiger partial charge is 0.391 e. The van der Waals surface area contributed by atoms with Crippen LogP contribution in [-0.2, 0) is 11.3 Å². The van der Waals surface area contributed by atoms with Crippen LogP contribution in [0.3, 0.4) is 0 Å². The Kier molecular flexibility index (Phi) is 4.49. The van der Waals surface area contributed by atoms with Crippen molar-refractivity contribution < 1.29 is 9.84 Å². The van der Waals surface area contributed by atoms with E-state index in [-0.39, 0.29) is 6.61 Å². The van der Waals surface area contributed by atoms with Crippen LogP contribution >= 0.6 is 0 Å². The Labute approximate surface area is 108 Å². The van der Waals surface area contributed by atoms with Crippen molar-refractivity contribution in [2.45, 2.75) is 26.4 Å². The minimum atomic E-state index is -0.00634. The van der Waals surface area contributed by atoms with Gasteiger partial charge in [-0.15, -0.1) is 0 Å². The fourth-order valence-corrected chi connectivity index (χ4v) is 2.42. The van der Waals surface area contributed by atoms with E-state index in [2.05, 4.69) is 14.9 Å². The Morgan fingerprint density at radius 1 is 1.44 bits per heavy atom. The average molecular weight is 251 g/mol. The van der Waals surface area contributed by atoms with E-state index in [1.807, 2.05) is 6.92 Å². The van der Waals surface area contributed by atoms with Crippen LogP contribution in [-0.4, -0.2) is 41.9 Å². The lowest BCUT2D eigenvalue weighted by atomic mass is 9.97. The summed E-state index contributed by atoms with van der Waals surface area (Å²) in [7, 11) is 1.75. The van der Waals surface area contributed by atoms with Gasteiger partial charge in [0, 0.05) is 38.6 Å². The van der Waals surface area contributed by atoms with Crippen LogP contribution in [0.15, 0.2) is 6.20 Å². The van der Waals surface area contributed by atoms with E-state index in [0.29, 0.717) is 5.92 Å². The second-order valence-corrected chi connectivity index (χ2v) is 4.81. The number of nitrogens with zero attached hydrogens (tertiary/aromatic N) is 3.